The number of benzene rings is 1. The van der Waals surface area contributed by atoms with Gasteiger partial charge >= 0.3 is 0 Å². The predicted octanol–water partition coefficient (Wildman–Crippen LogP) is 2.50. The summed E-state index contributed by atoms with van der Waals surface area (Å²) in [5.41, 5.74) is 2.41. The summed E-state index contributed by atoms with van der Waals surface area (Å²) in [6, 6.07) is 11.4. The van der Waals surface area contributed by atoms with Gasteiger partial charge < -0.3 is 4.98 Å². The summed E-state index contributed by atoms with van der Waals surface area (Å²) in [5, 5.41) is 9.89. The minimum Gasteiger partial charge on any atom is -0.308 e. The quantitative estimate of drug-likeness (QED) is 0.479. The fourth-order valence-corrected chi connectivity index (χ4v) is 6.64. The summed E-state index contributed by atoms with van der Waals surface area (Å²) in [6.45, 7) is 3.19. The zero-order valence-corrected chi connectivity index (χ0v) is 19.1. The molecule has 9 nitrogen and oxygen atoms in total. The maximum atomic E-state index is 13.0. The van der Waals surface area contributed by atoms with Crippen molar-refractivity contribution < 1.29 is 8.42 Å². The van der Waals surface area contributed by atoms with Gasteiger partial charge in [0, 0.05) is 19.0 Å². The Labute approximate surface area is 188 Å². The van der Waals surface area contributed by atoms with E-state index in [1.807, 2.05) is 31.2 Å². The lowest BCUT2D eigenvalue weighted by Crippen LogP contribution is -2.39. The van der Waals surface area contributed by atoms with E-state index in [4.69, 9.17) is 0 Å². The molecule has 0 saturated carbocycles. The zero-order chi connectivity index (χ0) is 22.3. The van der Waals surface area contributed by atoms with E-state index in [0.29, 0.717) is 35.2 Å². The second kappa shape index (κ2) is 8.23. The number of hydrogen-bond donors (Lipinski definition) is 1. The Morgan fingerprint density at radius 2 is 2.03 bits per heavy atom. The number of sulfonamides is 1. The summed E-state index contributed by atoms with van der Waals surface area (Å²) in [4.78, 5) is 20.2. The second-order valence-corrected chi connectivity index (χ2v) is 11.1. The van der Waals surface area contributed by atoms with E-state index in [1.54, 1.807) is 22.2 Å². The van der Waals surface area contributed by atoms with Crippen molar-refractivity contribution in [3.8, 4) is 0 Å². The summed E-state index contributed by atoms with van der Waals surface area (Å²) < 4.78 is 29.4. The lowest BCUT2D eigenvalue weighted by atomic mass is 9.99. The highest BCUT2D eigenvalue weighted by Gasteiger charge is 2.33. The predicted molar refractivity (Wildman–Crippen MR) is 121 cm³/mol. The van der Waals surface area contributed by atoms with Crippen LogP contribution in [-0.2, 0) is 16.6 Å². The number of hydrogen-bond acceptors (Lipinski definition) is 7. The molecule has 1 atom stereocenters. The standard InChI is InChI=1S/C21H22N6O3S2/c1-14-6-8-15(9-7-14)12-27-20-18(24-25-27)21(28)23-19(22-20)16-4-2-10-26(13-16)32(29,30)17-5-3-11-31-17/h3,5-9,11,16H,2,4,10,12-13H2,1H3,(H,22,23,28). The molecule has 166 valence electrons. The first-order valence-corrected chi connectivity index (χ1v) is 12.7. The Kier molecular flexibility index (Phi) is 5.39. The number of thiophene rings is 1. The molecule has 1 saturated heterocycles. The number of nitrogens with zero attached hydrogens (tertiary/aromatic N) is 5. The number of fused-ring (bicyclic) bond motifs is 1. The number of H-pyrrole nitrogens is 1. The molecule has 1 aliphatic rings. The van der Waals surface area contributed by atoms with Gasteiger partial charge in [-0.3, -0.25) is 4.79 Å². The van der Waals surface area contributed by atoms with Gasteiger partial charge in [0.1, 0.15) is 10.0 Å². The summed E-state index contributed by atoms with van der Waals surface area (Å²) in [6.07, 6.45) is 1.43. The Morgan fingerprint density at radius 1 is 1.22 bits per heavy atom. The van der Waals surface area contributed by atoms with E-state index in [0.717, 1.165) is 17.5 Å². The average molecular weight is 471 g/mol. The number of aryl methyl sites for hydroxylation is 1. The molecular formula is C21H22N6O3S2. The zero-order valence-electron chi connectivity index (χ0n) is 17.4. The fraction of sp³-hybridized carbons (Fsp3) is 0.333. The molecule has 4 heterocycles. The first-order chi connectivity index (χ1) is 15.4. The van der Waals surface area contributed by atoms with Crippen LogP contribution in [-0.4, -0.2) is 50.8 Å². The van der Waals surface area contributed by atoms with Crippen molar-refractivity contribution in [2.45, 2.75) is 36.4 Å². The van der Waals surface area contributed by atoms with Gasteiger partial charge in [-0.05, 0) is 36.8 Å². The average Bonchev–Trinajstić information content (AvgIpc) is 3.47. The van der Waals surface area contributed by atoms with Crippen molar-refractivity contribution in [1.82, 2.24) is 29.3 Å². The highest BCUT2D eigenvalue weighted by Crippen LogP contribution is 2.30. The van der Waals surface area contributed by atoms with E-state index in [9.17, 15) is 13.2 Å². The number of aromatic nitrogens is 5. The van der Waals surface area contributed by atoms with Crippen molar-refractivity contribution in [2.24, 2.45) is 0 Å². The van der Waals surface area contributed by atoms with Gasteiger partial charge in [0.25, 0.3) is 15.6 Å². The molecule has 1 N–H and O–H groups in total. The molecule has 4 aromatic rings. The SMILES string of the molecule is Cc1ccc(Cn2nnc3c(=O)[nH]c(C4CCCN(S(=O)(=O)c5cccs5)C4)nc32)cc1. The van der Waals surface area contributed by atoms with Crippen LogP contribution in [0.4, 0.5) is 0 Å². The molecule has 1 aromatic carbocycles. The molecule has 3 aromatic heterocycles. The Bertz CT molecular complexity index is 1410. The number of aromatic amines is 1. The van der Waals surface area contributed by atoms with Crippen LogP contribution in [0.2, 0.25) is 0 Å². The highest BCUT2D eigenvalue weighted by atomic mass is 32.2. The molecule has 1 unspecified atom stereocenters. The summed E-state index contributed by atoms with van der Waals surface area (Å²) >= 11 is 1.21. The number of piperidine rings is 1. The Balaban J connectivity index is 1.46. The first kappa shape index (κ1) is 21.0. The molecule has 0 spiro atoms. The molecule has 0 aliphatic carbocycles. The third kappa shape index (κ3) is 3.87. The van der Waals surface area contributed by atoms with Gasteiger partial charge in [-0.25, -0.2) is 18.1 Å². The molecule has 0 radical (unpaired) electrons. The topological polar surface area (TPSA) is 114 Å². The normalized spacial score (nSPS) is 17.7. The van der Waals surface area contributed by atoms with Crippen LogP contribution in [0.25, 0.3) is 11.2 Å². The van der Waals surface area contributed by atoms with Gasteiger partial charge in [-0.2, -0.15) is 4.31 Å². The van der Waals surface area contributed by atoms with Crippen molar-refractivity contribution in [2.75, 3.05) is 13.1 Å². The van der Waals surface area contributed by atoms with E-state index in [1.165, 1.54) is 15.6 Å². The smallest absolute Gasteiger partial charge is 0.281 e. The molecule has 5 rings (SSSR count). The minimum atomic E-state index is -3.55. The molecule has 0 amide bonds. The highest BCUT2D eigenvalue weighted by molar-refractivity contribution is 7.91. The molecule has 32 heavy (non-hydrogen) atoms. The van der Waals surface area contributed by atoms with Crippen LogP contribution in [0, 0.1) is 6.92 Å². The molecule has 1 aliphatic heterocycles. The van der Waals surface area contributed by atoms with Crippen LogP contribution >= 0.6 is 11.3 Å². The summed E-state index contributed by atoms with van der Waals surface area (Å²) in [5.74, 6) is 0.263. The van der Waals surface area contributed by atoms with Gasteiger partial charge in [0.05, 0.1) is 6.54 Å². The van der Waals surface area contributed by atoms with E-state index in [-0.39, 0.29) is 23.5 Å². The van der Waals surface area contributed by atoms with Gasteiger partial charge in [0.15, 0.2) is 11.2 Å². The lowest BCUT2D eigenvalue weighted by Gasteiger charge is -2.30. The third-order valence-electron chi connectivity index (χ3n) is 5.71. The molecule has 11 heteroatoms. The van der Waals surface area contributed by atoms with Crippen molar-refractivity contribution >= 4 is 32.5 Å². The van der Waals surface area contributed by atoms with Crippen LogP contribution in [0.5, 0.6) is 0 Å². The molecule has 0 bridgehead atoms. The van der Waals surface area contributed by atoms with E-state index < -0.39 is 10.0 Å². The van der Waals surface area contributed by atoms with Crippen molar-refractivity contribution in [3.63, 3.8) is 0 Å². The van der Waals surface area contributed by atoms with Crippen LogP contribution in [0.1, 0.15) is 35.7 Å². The van der Waals surface area contributed by atoms with Crippen molar-refractivity contribution in [1.29, 1.82) is 0 Å². The van der Waals surface area contributed by atoms with Crippen LogP contribution in [0.15, 0.2) is 50.8 Å². The largest absolute Gasteiger partial charge is 0.308 e. The fourth-order valence-electron chi connectivity index (χ4n) is 3.97. The van der Waals surface area contributed by atoms with Gasteiger partial charge in [-0.15, -0.1) is 16.4 Å². The van der Waals surface area contributed by atoms with Gasteiger partial charge in [-0.1, -0.05) is 41.1 Å². The Hall–Kier alpha value is -2.89. The second-order valence-electron chi connectivity index (χ2n) is 7.99. The van der Waals surface area contributed by atoms with E-state index in [2.05, 4.69) is 20.3 Å². The Morgan fingerprint density at radius 3 is 2.78 bits per heavy atom. The monoisotopic (exact) mass is 470 g/mol. The molecular weight excluding hydrogens is 448 g/mol. The number of nitrogens with one attached hydrogen (secondary N) is 1. The molecule has 1 fully saturated rings. The maximum Gasteiger partial charge on any atom is 0.281 e. The van der Waals surface area contributed by atoms with E-state index >= 15 is 0 Å². The number of rotatable bonds is 5. The van der Waals surface area contributed by atoms with Gasteiger partial charge in [0.2, 0.25) is 0 Å². The maximum absolute atomic E-state index is 13.0. The van der Waals surface area contributed by atoms with Crippen molar-refractivity contribution in [3.05, 3.63) is 69.1 Å². The van der Waals surface area contributed by atoms with Crippen LogP contribution in [0.3, 0.4) is 0 Å². The third-order valence-corrected chi connectivity index (χ3v) is 8.94. The first-order valence-electron chi connectivity index (χ1n) is 10.3. The van der Waals surface area contributed by atoms with Crippen LogP contribution < -0.4 is 5.56 Å². The summed E-state index contributed by atoms with van der Waals surface area (Å²) in [7, 11) is -3.55. The minimum absolute atomic E-state index is 0.180. The lowest BCUT2D eigenvalue weighted by molar-refractivity contribution is 0.309.